The van der Waals surface area contributed by atoms with Gasteiger partial charge in [-0.25, -0.2) is 18.1 Å². The van der Waals surface area contributed by atoms with Gasteiger partial charge in [-0.1, -0.05) is 0 Å². The maximum absolute atomic E-state index is 12.7. The quantitative estimate of drug-likeness (QED) is 0.726. The lowest BCUT2D eigenvalue weighted by Crippen LogP contribution is -2.27. The molecule has 0 aliphatic carbocycles. The Labute approximate surface area is 153 Å². The molecule has 4 heterocycles. The third-order valence-electron chi connectivity index (χ3n) is 4.20. The molecule has 8 nitrogen and oxygen atoms in total. The molecule has 0 saturated heterocycles. The molecule has 1 aliphatic rings. The van der Waals surface area contributed by atoms with Gasteiger partial charge in [-0.15, -0.1) is 0 Å². The second-order valence-electron chi connectivity index (χ2n) is 5.73. The average Bonchev–Trinajstić information content (AvgIpc) is 3.25. The molecular weight excluding hydrogens is 374 g/mol. The largest absolute Gasteiger partial charge is 0.292 e. The minimum absolute atomic E-state index is 0.0447. The molecule has 1 aliphatic heterocycles. The van der Waals surface area contributed by atoms with Crippen LogP contribution in [0.3, 0.4) is 0 Å². The molecule has 10 heteroatoms. The summed E-state index contributed by atoms with van der Waals surface area (Å²) in [7, 11) is -2.29. The van der Waals surface area contributed by atoms with Crippen molar-refractivity contribution >= 4 is 27.5 Å². The highest BCUT2D eigenvalue weighted by Crippen LogP contribution is 2.26. The number of anilines is 1. The lowest BCUT2D eigenvalue weighted by atomic mass is 10.3. The van der Waals surface area contributed by atoms with Gasteiger partial charge in [0, 0.05) is 37.1 Å². The lowest BCUT2D eigenvalue weighted by Gasteiger charge is -2.19. The summed E-state index contributed by atoms with van der Waals surface area (Å²) in [5, 5.41) is 3.04. The number of fused-ring (bicyclic) bond motifs is 1. The number of hydrogen-bond acceptors (Lipinski definition) is 6. The van der Waals surface area contributed by atoms with Gasteiger partial charge in [-0.2, -0.15) is 11.8 Å². The van der Waals surface area contributed by atoms with E-state index in [0.717, 1.165) is 21.3 Å². The molecule has 0 spiro atoms. The number of nitrogens with one attached hydrogen (secondary N) is 1. The van der Waals surface area contributed by atoms with Crippen molar-refractivity contribution in [3.05, 3.63) is 64.5 Å². The third kappa shape index (κ3) is 2.71. The van der Waals surface area contributed by atoms with E-state index in [1.165, 1.54) is 42.5 Å². The van der Waals surface area contributed by atoms with Gasteiger partial charge in [0.05, 0.1) is 16.9 Å². The molecular formula is C16H15N5O3S2. The first-order chi connectivity index (χ1) is 12.5. The maximum atomic E-state index is 12.7. The predicted octanol–water partition coefficient (Wildman–Crippen LogP) is 1.53. The molecule has 0 aromatic carbocycles. The Bertz CT molecular complexity index is 1110. The summed E-state index contributed by atoms with van der Waals surface area (Å²) in [5.41, 5.74) is 2.02. The molecule has 4 rings (SSSR count). The normalized spacial score (nSPS) is 13.6. The highest BCUT2D eigenvalue weighted by Gasteiger charge is 2.23. The number of nitrogens with zero attached hydrogens (tertiary/aromatic N) is 4. The first-order valence-electron chi connectivity index (χ1n) is 7.74. The lowest BCUT2D eigenvalue weighted by molar-refractivity contribution is 0.594. The molecule has 0 fully saturated rings. The number of pyridine rings is 2. The monoisotopic (exact) mass is 389 g/mol. The van der Waals surface area contributed by atoms with Crippen LogP contribution in [-0.2, 0) is 21.5 Å². The standard InChI is InChI=1S/C16H15N5O3S2/c1-20(11-4-6-17-7-5-11)26(23,24)12-2-3-15(18-8-12)21-16(22)13-9-25-10-14(13)19-21/h2-8,19H,9-10H2,1H3. The Balaban J connectivity index is 1.67. The molecule has 26 heavy (non-hydrogen) atoms. The van der Waals surface area contributed by atoms with Crippen molar-refractivity contribution in [2.24, 2.45) is 0 Å². The van der Waals surface area contributed by atoms with Gasteiger partial charge >= 0.3 is 0 Å². The number of aromatic amines is 1. The topological polar surface area (TPSA) is 101 Å². The van der Waals surface area contributed by atoms with E-state index in [1.807, 2.05) is 0 Å². The summed E-state index contributed by atoms with van der Waals surface area (Å²) in [6, 6.07) is 6.19. The van der Waals surface area contributed by atoms with E-state index in [4.69, 9.17) is 0 Å². The Kier molecular flexibility index (Phi) is 4.08. The second-order valence-corrected chi connectivity index (χ2v) is 8.69. The van der Waals surface area contributed by atoms with Gasteiger partial charge in [0.2, 0.25) is 0 Å². The number of H-pyrrole nitrogens is 1. The Morgan fingerprint density at radius 1 is 1.19 bits per heavy atom. The van der Waals surface area contributed by atoms with E-state index in [-0.39, 0.29) is 10.5 Å². The number of sulfonamides is 1. The van der Waals surface area contributed by atoms with Gasteiger partial charge < -0.3 is 0 Å². The van der Waals surface area contributed by atoms with Crippen LogP contribution in [-0.4, -0.2) is 35.2 Å². The SMILES string of the molecule is CN(c1ccncc1)S(=O)(=O)c1ccc(-n2[nH]c3c(c2=O)CSC3)nc1. The predicted molar refractivity (Wildman–Crippen MR) is 99.0 cm³/mol. The van der Waals surface area contributed by atoms with E-state index in [2.05, 4.69) is 15.1 Å². The molecule has 3 aromatic rings. The molecule has 0 unspecified atom stereocenters. The van der Waals surface area contributed by atoms with Crippen LogP contribution >= 0.6 is 11.8 Å². The van der Waals surface area contributed by atoms with Crippen LogP contribution in [0.15, 0.2) is 52.5 Å². The van der Waals surface area contributed by atoms with Crippen LogP contribution in [0.5, 0.6) is 0 Å². The summed E-state index contributed by atoms with van der Waals surface area (Å²) in [5.74, 6) is 1.81. The molecule has 0 amide bonds. The zero-order chi connectivity index (χ0) is 18.3. The van der Waals surface area contributed by atoms with E-state index in [1.54, 1.807) is 23.9 Å². The van der Waals surface area contributed by atoms with Crippen molar-refractivity contribution in [2.45, 2.75) is 16.4 Å². The van der Waals surface area contributed by atoms with Crippen LogP contribution in [0.25, 0.3) is 5.82 Å². The Morgan fingerprint density at radius 2 is 1.96 bits per heavy atom. The molecule has 0 radical (unpaired) electrons. The van der Waals surface area contributed by atoms with Crippen molar-refractivity contribution in [2.75, 3.05) is 11.4 Å². The number of thioether (sulfide) groups is 1. The van der Waals surface area contributed by atoms with Crippen molar-refractivity contribution in [1.29, 1.82) is 0 Å². The highest BCUT2D eigenvalue weighted by molar-refractivity contribution is 7.98. The molecule has 0 atom stereocenters. The van der Waals surface area contributed by atoms with Crippen molar-refractivity contribution < 1.29 is 8.42 Å². The summed E-state index contributed by atoms with van der Waals surface area (Å²) in [4.78, 5) is 20.5. The van der Waals surface area contributed by atoms with Crippen molar-refractivity contribution in [1.82, 2.24) is 19.7 Å². The first kappa shape index (κ1) is 16.9. The number of hydrogen-bond donors (Lipinski definition) is 1. The Morgan fingerprint density at radius 3 is 2.62 bits per heavy atom. The zero-order valence-electron chi connectivity index (χ0n) is 13.8. The number of aromatic nitrogens is 4. The molecule has 1 N–H and O–H groups in total. The van der Waals surface area contributed by atoms with Crippen molar-refractivity contribution in [3.63, 3.8) is 0 Å². The maximum Gasteiger partial charge on any atom is 0.276 e. The minimum atomic E-state index is -3.76. The van der Waals surface area contributed by atoms with Crippen LogP contribution in [0.2, 0.25) is 0 Å². The van der Waals surface area contributed by atoms with E-state index in [0.29, 0.717) is 17.3 Å². The van der Waals surface area contributed by atoms with E-state index in [9.17, 15) is 13.2 Å². The fourth-order valence-electron chi connectivity index (χ4n) is 2.71. The zero-order valence-corrected chi connectivity index (χ0v) is 15.4. The summed E-state index contributed by atoms with van der Waals surface area (Å²) < 4.78 is 28.0. The highest BCUT2D eigenvalue weighted by atomic mass is 32.2. The molecule has 0 saturated carbocycles. The van der Waals surface area contributed by atoms with Gasteiger partial charge in [0.1, 0.15) is 4.90 Å². The summed E-state index contributed by atoms with van der Waals surface area (Å²) in [6.45, 7) is 0. The molecule has 0 bridgehead atoms. The fourth-order valence-corrected chi connectivity index (χ4v) is 4.90. The van der Waals surface area contributed by atoms with Crippen LogP contribution in [0.4, 0.5) is 5.69 Å². The molecule has 3 aromatic heterocycles. The van der Waals surface area contributed by atoms with Crippen LogP contribution in [0, 0.1) is 0 Å². The smallest absolute Gasteiger partial charge is 0.276 e. The summed E-state index contributed by atoms with van der Waals surface area (Å²) in [6.07, 6.45) is 4.31. The van der Waals surface area contributed by atoms with Gasteiger partial charge in [-0.3, -0.25) is 19.2 Å². The fraction of sp³-hybridized carbons (Fsp3) is 0.188. The van der Waals surface area contributed by atoms with Gasteiger partial charge in [0.25, 0.3) is 15.6 Å². The molecule has 134 valence electrons. The first-order valence-corrected chi connectivity index (χ1v) is 10.3. The second kappa shape index (κ2) is 6.29. The number of rotatable bonds is 4. The third-order valence-corrected chi connectivity index (χ3v) is 6.95. The van der Waals surface area contributed by atoms with Crippen LogP contribution < -0.4 is 9.86 Å². The minimum Gasteiger partial charge on any atom is -0.292 e. The van der Waals surface area contributed by atoms with Crippen molar-refractivity contribution in [3.8, 4) is 5.82 Å². The Hall–Kier alpha value is -2.59. The average molecular weight is 389 g/mol. The van der Waals surface area contributed by atoms with Crippen LogP contribution in [0.1, 0.15) is 11.3 Å². The van der Waals surface area contributed by atoms with Gasteiger partial charge in [0.15, 0.2) is 5.82 Å². The van der Waals surface area contributed by atoms with Gasteiger partial charge in [-0.05, 0) is 24.3 Å². The van der Waals surface area contributed by atoms with E-state index >= 15 is 0 Å². The summed E-state index contributed by atoms with van der Waals surface area (Å²) >= 11 is 1.68. The van der Waals surface area contributed by atoms with E-state index < -0.39 is 10.0 Å².